The monoisotopic (exact) mass is 148 g/mol. The molecule has 0 radical (unpaired) electrons. The van der Waals surface area contributed by atoms with Gasteiger partial charge in [0.05, 0.1) is 0 Å². The van der Waals surface area contributed by atoms with Crippen molar-refractivity contribution >= 4 is 30.2 Å². The zero-order valence-electron chi connectivity index (χ0n) is 5.13. The number of hydrogen-bond acceptors (Lipinski definition) is 2. The van der Waals surface area contributed by atoms with Crippen LogP contribution in [0.1, 0.15) is 26.2 Å². The van der Waals surface area contributed by atoms with Crippen LogP contribution < -0.4 is 0 Å². The van der Waals surface area contributed by atoms with Crippen LogP contribution in [0.2, 0.25) is 0 Å². The average molecular weight is 148 g/mol. The van der Waals surface area contributed by atoms with Crippen LogP contribution in [0.3, 0.4) is 0 Å². The number of rotatable bonds is 4. The normalized spacial score (nSPS) is 13.2. The van der Waals surface area contributed by atoms with Crippen molar-refractivity contribution in [1.82, 2.24) is 0 Å². The lowest BCUT2D eigenvalue weighted by molar-refractivity contribution is 0.769. The zero-order valence-corrected chi connectivity index (χ0v) is 6.84. The highest BCUT2D eigenvalue weighted by molar-refractivity contribution is 7.81. The maximum absolute atomic E-state index is 4.67. The highest BCUT2D eigenvalue weighted by Crippen LogP contribution is 2.06. The van der Waals surface area contributed by atoms with Crippen LogP contribution in [0.5, 0.6) is 0 Å². The summed E-state index contributed by atoms with van der Waals surface area (Å²) in [6, 6.07) is 0. The molecule has 1 atom stereocenters. The second-order valence-electron chi connectivity index (χ2n) is 1.84. The molecule has 8 heavy (non-hydrogen) atoms. The molecule has 0 rings (SSSR count). The lowest BCUT2D eigenvalue weighted by Gasteiger charge is -2.02. The molecule has 0 spiro atoms. The summed E-state index contributed by atoms with van der Waals surface area (Å²) < 4.78 is 0. The molecule has 0 nitrogen and oxygen atoms in total. The van der Waals surface area contributed by atoms with Gasteiger partial charge in [0.15, 0.2) is 0 Å². The van der Waals surface area contributed by atoms with Crippen molar-refractivity contribution in [3.63, 3.8) is 0 Å². The molecule has 0 amide bonds. The Morgan fingerprint density at radius 2 is 2.38 bits per heavy atom. The van der Waals surface area contributed by atoms with Crippen LogP contribution in [-0.2, 0) is 0 Å². The van der Waals surface area contributed by atoms with Crippen LogP contribution in [0, 0.1) is 0 Å². The van der Waals surface area contributed by atoms with E-state index < -0.39 is 0 Å². The fraction of sp³-hybridized carbons (Fsp3) is 0.833. The summed E-state index contributed by atoms with van der Waals surface area (Å²) in [6.45, 7) is 2.16. The predicted molar refractivity (Wildman–Crippen MR) is 46.0 cm³/mol. The largest absolute Gasteiger partial charge is 0.176 e. The van der Waals surface area contributed by atoms with E-state index >= 15 is 0 Å². The maximum Gasteiger partial charge on any atom is 0.00593 e. The average Bonchev–Trinajstić information content (AvgIpc) is 1.68. The highest BCUT2D eigenvalue weighted by Gasteiger charge is 1.95. The van der Waals surface area contributed by atoms with Crippen molar-refractivity contribution in [3.05, 3.63) is 0 Å². The van der Waals surface area contributed by atoms with Crippen molar-refractivity contribution in [2.24, 2.45) is 0 Å². The maximum atomic E-state index is 4.67. The highest BCUT2D eigenvalue weighted by atomic mass is 32.1. The van der Waals surface area contributed by atoms with Crippen LogP contribution in [0.4, 0.5) is 0 Å². The summed E-state index contributed by atoms with van der Waals surface area (Å²) in [5.74, 6) is 0. The van der Waals surface area contributed by atoms with Crippen LogP contribution >= 0.6 is 24.8 Å². The van der Waals surface area contributed by atoms with Gasteiger partial charge < -0.3 is 0 Å². The van der Waals surface area contributed by atoms with Crippen molar-refractivity contribution in [3.8, 4) is 0 Å². The molecule has 0 aromatic heterocycles. The molecule has 0 bridgehead atoms. The van der Waals surface area contributed by atoms with Crippen LogP contribution in [-0.4, -0.2) is 10.6 Å². The van der Waals surface area contributed by atoms with Crippen LogP contribution in [0.15, 0.2) is 0 Å². The third-order valence-electron chi connectivity index (χ3n) is 0.990. The minimum atomic E-state index is 0.498. The van der Waals surface area contributed by atoms with Gasteiger partial charge in [-0.1, -0.05) is 25.6 Å². The molecule has 0 saturated carbocycles. The first kappa shape index (κ1) is 8.44. The quantitative estimate of drug-likeness (QED) is 0.472. The van der Waals surface area contributed by atoms with Gasteiger partial charge in [0, 0.05) is 5.25 Å². The first-order valence-corrected chi connectivity index (χ1v) is 3.91. The summed E-state index contributed by atoms with van der Waals surface area (Å²) in [4.78, 5) is 0. The molecule has 48 valence electrons. The molecule has 1 unspecified atom stereocenters. The Bertz CT molecular complexity index is 61.5. The molecule has 0 aliphatic carbocycles. The Morgan fingerprint density at radius 1 is 1.75 bits per heavy atom. The minimum absolute atomic E-state index is 0.498. The smallest absolute Gasteiger partial charge is 0.00593 e. The summed E-state index contributed by atoms with van der Waals surface area (Å²) in [5, 5.41) is 2.25. The van der Waals surface area contributed by atoms with E-state index in [2.05, 4.69) is 31.8 Å². The van der Waals surface area contributed by atoms with E-state index in [1.165, 1.54) is 12.8 Å². The Hall–Kier alpha value is 0.440. The van der Waals surface area contributed by atoms with Gasteiger partial charge in [-0.15, -0.1) is 0 Å². The van der Waals surface area contributed by atoms with E-state index in [0.717, 1.165) is 6.42 Å². The van der Waals surface area contributed by atoms with Gasteiger partial charge in [-0.2, -0.15) is 12.6 Å². The second kappa shape index (κ2) is 5.57. The third kappa shape index (κ3) is 4.60. The van der Waals surface area contributed by atoms with E-state index in [-0.39, 0.29) is 0 Å². The summed E-state index contributed by atoms with van der Waals surface area (Å²) in [6.07, 6.45) is 3.35. The SMILES string of the molecule is CCCC(S)CC=S. The second-order valence-corrected chi connectivity index (χ2v) is 2.91. The third-order valence-corrected chi connectivity index (χ3v) is 1.65. The fourth-order valence-corrected chi connectivity index (χ4v) is 1.30. The van der Waals surface area contributed by atoms with E-state index in [9.17, 15) is 0 Å². The fourth-order valence-electron chi connectivity index (χ4n) is 0.562. The van der Waals surface area contributed by atoms with E-state index in [1.54, 1.807) is 5.37 Å². The molecular weight excluding hydrogens is 136 g/mol. The summed E-state index contributed by atoms with van der Waals surface area (Å²) >= 11 is 8.96. The van der Waals surface area contributed by atoms with Gasteiger partial charge in [-0.25, -0.2) is 0 Å². The van der Waals surface area contributed by atoms with Crippen molar-refractivity contribution in [2.45, 2.75) is 31.4 Å². The molecule has 0 aliphatic rings. The number of hydrogen-bond donors (Lipinski definition) is 1. The zero-order chi connectivity index (χ0) is 6.41. The van der Waals surface area contributed by atoms with E-state index in [4.69, 9.17) is 0 Å². The Labute approximate surface area is 62.1 Å². The molecule has 2 heteroatoms. The minimum Gasteiger partial charge on any atom is -0.176 e. The predicted octanol–water partition coefficient (Wildman–Crippen LogP) is 2.47. The number of thiocarbonyl (C=S) groups is 1. The molecule has 0 heterocycles. The molecule has 0 aliphatic heterocycles. The molecule has 0 saturated heterocycles. The van der Waals surface area contributed by atoms with Gasteiger partial charge in [0.25, 0.3) is 0 Å². The standard InChI is InChI=1S/C6H12S2/c1-2-3-6(8)4-5-7/h5-6,8H,2-4H2,1H3. The lowest BCUT2D eigenvalue weighted by atomic mass is 10.2. The summed E-state index contributed by atoms with van der Waals surface area (Å²) in [5.41, 5.74) is 0. The van der Waals surface area contributed by atoms with Crippen LogP contribution in [0.25, 0.3) is 0 Å². The van der Waals surface area contributed by atoms with Crippen molar-refractivity contribution < 1.29 is 0 Å². The van der Waals surface area contributed by atoms with E-state index in [1.807, 2.05) is 0 Å². The Kier molecular flexibility index (Phi) is 5.88. The van der Waals surface area contributed by atoms with Gasteiger partial charge in [0.2, 0.25) is 0 Å². The molecule has 0 fully saturated rings. The van der Waals surface area contributed by atoms with Gasteiger partial charge in [0.1, 0.15) is 0 Å². The lowest BCUT2D eigenvalue weighted by Crippen LogP contribution is -1.96. The van der Waals surface area contributed by atoms with Gasteiger partial charge >= 0.3 is 0 Å². The Balaban J connectivity index is 3.03. The topological polar surface area (TPSA) is 0 Å². The van der Waals surface area contributed by atoms with Crippen molar-refractivity contribution in [1.29, 1.82) is 0 Å². The first-order chi connectivity index (χ1) is 3.81. The summed E-state index contributed by atoms with van der Waals surface area (Å²) in [7, 11) is 0. The molecule has 0 N–H and O–H groups in total. The first-order valence-electron chi connectivity index (χ1n) is 2.93. The van der Waals surface area contributed by atoms with E-state index in [0.29, 0.717) is 5.25 Å². The van der Waals surface area contributed by atoms with Gasteiger partial charge in [-0.3, -0.25) is 0 Å². The molecular formula is C6H12S2. The Morgan fingerprint density at radius 3 is 2.75 bits per heavy atom. The van der Waals surface area contributed by atoms with Gasteiger partial charge in [-0.05, 0) is 18.2 Å². The molecule has 0 aromatic carbocycles. The molecule has 0 aromatic rings. The number of thiol groups is 1. The van der Waals surface area contributed by atoms with Crippen molar-refractivity contribution in [2.75, 3.05) is 0 Å².